The number of benzene rings is 2. The second kappa shape index (κ2) is 6.34. The molecule has 0 saturated carbocycles. The van der Waals surface area contributed by atoms with E-state index in [1.165, 1.54) is 11.1 Å². The van der Waals surface area contributed by atoms with Crippen molar-refractivity contribution in [2.45, 2.75) is 91.1 Å². The second-order valence-electron chi connectivity index (χ2n) is 11.1. The predicted octanol–water partition coefficient (Wildman–Crippen LogP) is 6.65. The molecule has 1 heteroatoms. The fourth-order valence-electron chi connectivity index (χ4n) is 5.64. The fraction of sp³-hybridized carbons (Fsp3) is 0.538. The van der Waals surface area contributed by atoms with Crippen LogP contribution >= 0.6 is 0 Å². The summed E-state index contributed by atoms with van der Waals surface area (Å²) >= 11 is 0. The minimum atomic E-state index is -1.85. The summed E-state index contributed by atoms with van der Waals surface area (Å²) in [6.45, 7) is 24.1. The smallest absolute Gasteiger partial charge is 0.0645 e. The summed E-state index contributed by atoms with van der Waals surface area (Å²) in [5.41, 5.74) is 7.87. The van der Waals surface area contributed by atoms with Crippen molar-refractivity contribution in [3.8, 4) is 11.1 Å². The van der Waals surface area contributed by atoms with Gasteiger partial charge in [-0.05, 0) is 54.5 Å². The van der Waals surface area contributed by atoms with Crippen molar-refractivity contribution in [2.24, 2.45) is 0 Å². The Balaban J connectivity index is 2.58. The first-order valence-corrected chi connectivity index (χ1v) is 12.8. The summed E-state index contributed by atoms with van der Waals surface area (Å²) in [5.74, 6) is 0. The molecule has 0 atom stereocenters. The van der Waals surface area contributed by atoms with E-state index in [4.69, 9.17) is 0 Å². The van der Waals surface area contributed by atoms with Crippen LogP contribution in [0.5, 0.6) is 0 Å². The number of fused-ring (bicyclic) bond motifs is 3. The Bertz CT molecular complexity index is 783. The molecule has 0 bridgehead atoms. The molecule has 27 heavy (non-hydrogen) atoms. The Hall–Kier alpha value is -1.34. The number of hydrogen-bond donors (Lipinski definition) is 0. The van der Waals surface area contributed by atoms with Crippen molar-refractivity contribution < 1.29 is 0 Å². The number of rotatable bonds is 2. The largest absolute Gasteiger partial charge is 0.124 e. The van der Waals surface area contributed by atoms with Crippen LogP contribution in [0.1, 0.15) is 80.4 Å². The van der Waals surface area contributed by atoms with Gasteiger partial charge in [-0.1, -0.05) is 106 Å². The van der Waals surface area contributed by atoms with Gasteiger partial charge in [0.05, 0.1) is 0 Å². The maximum Gasteiger partial charge on any atom is 0.124 e. The maximum atomic E-state index is 2.48. The maximum absolute atomic E-state index is 2.48. The molecule has 1 heterocycles. The third-order valence-electron chi connectivity index (χ3n) is 6.71. The standard InChI is InChI=1S/C26H38Si/c1-17(2)27(18(3)4)21-15-11-13-19(25(5,6)7)23(21)24-20(26(8,9)10)14-12-16-22(24)27/h11-18H,1-10H3. The minimum absolute atomic E-state index is 0.145. The summed E-state index contributed by atoms with van der Waals surface area (Å²) in [4.78, 5) is 0. The van der Waals surface area contributed by atoms with Crippen LogP contribution in [0, 0.1) is 0 Å². The quantitative estimate of drug-likeness (QED) is 0.513. The van der Waals surface area contributed by atoms with E-state index in [-0.39, 0.29) is 10.8 Å². The molecule has 0 aromatic heterocycles. The Morgan fingerprint density at radius 2 is 0.926 bits per heavy atom. The Morgan fingerprint density at radius 1 is 0.593 bits per heavy atom. The van der Waals surface area contributed by atoms with Gasteiger partial charge in [0, 0.05) is 0 Å². The molecule has 0 radical (unpaired) electrons. The lowest BCUT2D eigenvalue weighted by molar-refractivity contribution is 0.586. The molecule has 0 nitrogen and oxygen atoms in total. The second-order valence-corrected chi connectivity index (χ2v) is 16.3. The normalized spacial score (nSPS) is 16.0. The van der Waals surface area contributed by atoms with Crippen molar-refractivity contribution in [3.05, 3.63) is 47.5 Å². The average molecular weight is 379 g/mol. The van der Waals surface area contributed by atoms with Crippen LogP contribution in [0.15, 0.2) is 36.4 Å². The molecule has 0 N–H and O–H groups in total. The van der Waals surface area contributed by atoms with Crippen molar-refractivity contribution in [1.82, 2.24) is 0 Å². The van der Waals surface area contributed by atoms with Gasteiger partial charge in [-0.3, -0.25) is 0 Å². The lowest BCUT2D eigenvalue weighted by Crippen LogP contribution is -2.60. The van der Waals surface area contributed by atoms with E-state index in [1.54, 1.807) is 21.5 Å². The zero-order valence-corrected chi connectivity index (χ0v) is 20.1. The first-order valence-electron chi connectivity index (χ1n) is 10.6. The van der Waals surface area contributed by atoms with Crippen molar-refractivity contribution >= 4 is 18.4 Å². The first kappa shape index (κ1) is 20.4. The van der Waals surface area contributed by atoms with E-state index in [9.17, 15) is 0 Å². The molecule has 146 valence electrons. The molecule has 0 unspecified atom stereocenters. The van der Waals surface area contributed by atoms with E-state index >= 15 is 0 Å². The minimum Gasteiger partial charge on any atom is -0.0645 e. The zero-order chi connectivity index (χ0) is 20.4. The predicted molar refractivity (Wildman–Crippen MR) is 124 cm³/mol. The van der Waals surface area contributed by atoms with Gasteiger partial charge >= 0.3 is 0 Å². The SMILES string of the molecule is CC(C)[Si]1(C(C)C)c2cccc(C(C)(C)C)c2-c2c(C(C)(C)C)cccc21. The molecule has 2 aromatic carbocycles. The molecular formula is C26H38Si. The summed E-state index contributed by atoms with van der Waals surface area (Å²) in [6, 6.07) is 14.4. The summed E-state index contributed by atoms with van der Waals surface area (Å²) < 4.78 is 0. The van der Waals surface area contributed by atoms with E-state index < -0.39 is 8.07 Å². The first-order chi connectivity index (χ1) is 12.3. The summed E-state index contributed by atoms with van der Waals surface area (Å²) in [5, 5.41) is 3.37. The highest BCUT2D eigenvalue weighted by Gasteiger charge is 2.52. The third kappa shape index (κ3) is 2.85. The third-order valence-corrected chi connectivity index (χ3v) is 13.0. The Kier molecular flexibility index (Phi) is 4.79. The van der Waals surface area contributed by atoms with E-state index in [0.29, 0.717) is 11.1 Å². The fourth-order valence-corrected chi connectivity index (χ4v) is 11.8. The highest BCUT2D eigenvalue weighted by molar-refractivity contribution is 7.07. The van der Waals surface area contributed by atoms with Gasteiger partial charge in [0.2, 0.25) is 0 Å². The lowest BCUT2D eigenvalue weighted by Gasteiger charge is -2.38. The van der Waals surface area contributed by atoms with Crippen molar-refractivity contribution in [3.63, 3.8) is 0 Å². The molecule has 0 spiro atoms. The highest BCUT2D eigenvalue weighted by Crippen LogP contribution is 2.47. The highest BCUT2D eigenvalue weighted by atomic mass is 28.3. The Morgan fingerprint density at radius 3 is 1.19 bits per heavy atom. The van der Waals surface area contributed by atoms with E-state index in [2.05, 4.69) is 106 Å². The van der Waals surface area contributed by atoms with Gasteiger partial charge in [-0.15, -0.1) is 0 Å². The molecule has 0 amide bonds. The van der Waals surface area contributed by atoms with Gasteiger partial charge < -0.3 is 0 Å². The average Bonchev–Trinajstić information content (AvgIpc) is 2.84. The number of hydrogen-bond acceptors (Lipinski definition) is 0. The van der Waals surface area contributed by atoms with Crippen LogP contribution in [0.2, 0.25) is 11.1 Å². The molecular weight excluding hydrogens is 340 g/mol. The van der Waals surface area contributed by atoms with Gasteiger partial charge in [0.15, 0.2) is 0 Å². The molecule has 2 aromatic rings. The monoisotopic (exact) mass is 378 g/mol. The Labute approximate surface area is 168 Å². The molecule has 1 aliphatic rings. The van der Waals surface area contributed by atoms with Gasteiger partial charge in [-0.2, -0.15) is 0 Å². The van der Waals surface area contributed by atoms with E-state index in [0.717, 1.165) is 0 Å². The molecule has 3 rings (SSSR count). The molecule has 0 saturated heterocycles. The summed E-state index contributed by atoms with van der Waals surface area (Å²) in [7, 11) is -1.85. The van der Waals surface area contributed by atoms with E-state index in [1.807, 2.05) is 0 Å². The zero-order valence-electron chi connectivity index (χ0n) is 19.1. The molecule has 0 aliphatic carbocycles. The lowest BCUT2D eigenvalue weighted by atomic mass is 9.77. The van der Waals surface area contributed by atoms with Crippen LogP contribution in [0.4, 0.5) is 0 Å². The van der Waals surface area contributed by atoms with Gasteiger partial charge in [0.1, 0.15) is 8.07 Å². The van der Waals surface area contributed by atoms with Crippen LogP contribution in [0.25, 0.3) is 11.1 Å². The van der Waals surface area contributed by atoms with Gasteiger partial charge in [0.25, 0.3) is 0 Å². The van der Waals surface area contributed by atoms with Gasteiger partial charge in [-0.25, -0.2) is 0 Å². The van der Waals surface area contributed by atoms with Crippen molar-refractivity contribution in [1.29, 1.82) is 0 Å². The molecule has 1 aliphatic heterocycles. The van der Waals surface area contributed by atoms with Crippen LogP contribution < -0.4 is 10.4 Å². The van der Waals surface area contributed by atoms with Crippen molar-refractivity contribution in [2.75, 3.05) is 0 Å². The van der Waals surface area contributed by atoms with Crippen LogP contribution in [-0.2, 0) is 10.8 Å². The van der Waals surface area contributed by atoms with Crippen LogP contribution in [0.3, 0.4) is 0 Å². The van der Waals surface area contributed by atoms with Crippen LogP contribution in [-0.4, -0.2) is 8.07 Å². The topological polar surface area (TPSA) is 0 Å². The molecule has 0 fully saturated rings. The summed E-state index contributed by atoms with van der Waals surface area (Å²) in [6.07, 6.45) is 0.